The molecule has 0 bridgehead atoms. The fraction of sp³-hybridized carbons (Fsp3) is 0.478. The smallest absolute Gasteiger partial charge is 0.290 e. The van der Waals surface area contributed by atoms with E-state index in [9.17, 15) is 9.59 Å². The largest absolute Gasteiger partial charge is 0.483 e. The van der Waals surface area contributed by atoms with Crippen molar-refractivity contribution < 1.29 is 28.6 Å². The highest BCUT2D eigenvalue weighted by Crippen LogP contribution is 2.46. The number of amides is 2. The average molecular weight is 444 g/mol. The lowest BCUT2D eigenvalue weighted by Crippen LogP contribution is -2.40. The summed E-state index contributed by atoms with van der Waals surface area (Å²) in [6, 6.07) is 10.4. The predicted molar refractivity (Wildman–Crippen MR) is 115 cm³/mol. The van der Waals surface area contributed by atoms with Crippen LogP contribution in [0.2, 0.25) is 0 Å². The summed E-state index contributed by atoms with van der Waals surface area (Å²) in [5.74, 6) is 0.196. The molecule has 0 unspecified atom stereocenters. The number of ether oxygens (including phenoxy) is 1. The summed E-state index contributed by atoms with van der Waals surface area (Å²) in [5, 5.41) is 6.89. The van der Waals surface area contributed by atoms with Crippen LogP contribution in [0.25, 0.3) is 0 Å². The topological polar surface area (TPSA) is 113 Å². The number of aryl methyl sites for hydroxylation is 1. The number of aromatic nitrogens is 1. The fourth-order valence-electron chi connectivity index (χ4n) is 4.68. The molecule has 9 heteroatoms. The van der Waals surface area contributed by atoms with E-state index >= 15 is 0 Å². The fourth-order valence-corrected chi connectivity index (χ4v) is 4.68. The second-order valence-corrected chi connectivity index (χ2v) is 8.12. The van der Waals surface area contributed by atoms with Crippen molar-refractivity contribution in [2.75, 3.05) is 39.4 Å². The first-order chi connectivity index (χ1) is 15.5. The molecule has 2 aliphatic heterocycles. The van der Waals surface area contributed by atoms with Crippen LogP contribution in [-0.4, -0.2) is 77.6 Å². The Bertz CT molecular complexity index is 888. The maximum absolute atomic E-state index is 12.8. The molecule has 2 fully saturated rings. The number of rotatable bonds is 7. The van der Waals surface area contributed by atoms with Gasteiger partial charge in [0.1, 0.15) is 12.9 Å². The minimum atomic E-state index is -0.250. The summed E-state index contributed by atoms with van der Waals surface area (Å²) in [6.07, 6.45) is 4.54. The van der Waals surface area contributed by atoms with Gasteiger partial charge in [0.05, 0.1) is 0 Å². The van der Waals surface area contributed by atoms with E-state index in [1.54, 1.807) is 0 Å². The number of hydrogen-bond donors (Lipinski definition) is 1. The summed E-state index contributed by atoms with van der Waals surface area (Å²) >= 11 is 0. The summed E-state index contributed by atoms with van der Waals surface area (Å²) in [6.45, 7) is 4.90. The molecule has 0 aliphatic carbocycles. The molecule has 4 rings (SSSR count). The molecular formula is C23H29N3O6. The van der Waals surface area contributed by atoms with Crippen molar-refractivity contribution in [1.29, 1.82) is 0 Å². The molecule has 2 amide bonds. The van der Waals surface area contributed by atoms with Gasteiger partial charge in [0, 0.05) is 44.1 Å². The Morgan fingerprint density at radius 2 is 1.94 bits per heavy atom. The van der Waals surface area contributed by atoms with Crippen LogP contribution in [0.4, 0.5) is 0 Å². The molecule has 2 aliphatic rings. The zero-order chi connectivity index (χ0) is 23.0. The van der Waals surface area contributed by atoms with Crippen LogP contribution < -0.4 is 0 Å². The zero-order valence-corrected chi connectivity index (χ0v) is 18.2. The van der Waals surface area contributed by atoms with Gasteiger partial charge in [-0.3, -0.25) is 14.4 Å². The van der Waals surface area contributed by atoms with Gasteiger partial charge in [-0.2, -0.15) is 0 Å². The van der Waals surface area contributed by atoms with Crippen LogP contribution in [0.15, 0.2) is 47.4 Å². The van der Waals surface area contributed by atoms with Crippen molar-refractivity contribution in [2.45, 2.75) is 19.8 Å². The van der Waals surface area contributed by atoms with Crippen LogP contribution in [0, 0.1) is 11.3 Å². The molecule has 0 radical (unpaired) electrons. The third-order valence-electron chi connectivity index (χ3n) is 6.23. The van der Waals surface area contributed by atoms with Crippen molar-refractivity contribution in [3.8, 4) is 0 Å². The third-order valence-corrected chi connectivity index (χ3v) is 6.23. The number of nitrogens with zero attached hydrogens (tertiary/aromatic N) is 3. The Morgan fingerprint density at radius 3 is 2.59 bits per heavy atom. The van der Waals surface area contributed by atoms with E-state index in [1.807, 2.05) is 34.9 Å². The standard InChI is InChI=1S/C22H27N3O4.CH2O2/c1-2-28-13-20(26)24-10-18-11-25(21(27)19-12-29-16-23-19)15-22(18,14-24)9-8-17-6-4-3-5-7-17;2-1-3/h3-7,12,16,18H,2,8-11,13-15H2,1H3;1H,(H,2,3)/t18-,22+;/m1./s1. The number of hydrogen-bond acceptors (Lipinski definition) is 6. The van der Waals surface area contributed by atoms with E-state index in [0.29, 0.717) is 38.5 Å². The van der Waals surface area contributed by atoms with E-state index in [0.717, 1.165) is 12.8 Å². The molecule has 2 atom stereocenters. The number of benzene rings is 1. The SMILES string of the molecule is CCOCC(=O)N1C[C@@H]2CN(C(=O)c3cocn3)C[C@]2(CCc2ccccc2)C1.O=CO. The Kier molecular flexibility index (Phi) is 7.99. The van der Waals surface area contributed by atoms with Crippen molar-refractivity contribution in [1.82, 2.24) is 14.8 Å². The highest BCUT2D eigenvalue weighted by molar-refractivity contribution is 5.92. The van der Waals surface area contributed by atoms with Crippen LogP contribution in [0.1, 0.15) is 29.4 Å². The molecule has 172 valence electrons. The first-order valence-corrected chi connectivity index (χ1v) is 10.7. The number of likely N-dealkylation sites (tertiary alicyclic amines) is 2. The van der Waals surface area contributed by atoms with E-state index in [2.05, 4.69) is 17.1 Å². The highest BCUT2D eigenvalue weighted by Gasteiger charge is 2.54. The van der Waals surface area contributed by atoms with Gasteiger partial charge in [-0.15, -0.1) is 0 Å². The van der Waals surface area contributed by atoms with Gasteiger partial charge in [0.25, 0.3) is 12.4 Å². The van der Waals surface area contributed by atoms with Gasteiger partial charge in [0.2, 0.25) is 5.91 Å². The Balaban J connectivity index is 0.000000913. The Morgan fingerprint density at radius 1 is 1.25 bits per heavy atom. The van der Waals surface area contributed by atoms with E-state index in [4.69, 9.17) is 19.1 Å². The molecule has 32 heavy (non-hydrogen) atoms. The number of carboxylic acid groups (broad SMARTS) is 1. The zero-order valence-electron chi connectivity index (χ0n) is 18.2. The number of oxazole rings is 1. The van der Waals surface area contributed by atoms with Gasteiger partial charge in [0.15, 0.2) is 12.1 Å². The quantitative estimate of drug-likeness (QED) is 0.651. The molecule has 2 saturated heterocycles. The van der Waals surface area contributed by atoms with Crippen molar-refractivity contribution in [3.63, 3.8) is 0 Å². The maximum Gasteiger partial charge on any atom is 0.290 e. The summed E-state index contributed by atoms with van der Waals surface area (Å²) in [5.41, 5.74) is 1.52. The molecule has 9 nitrogen and oxygen atoms in total. The Hall–Kier alpha value is -3.20. The summed E-state index contributed by atoms with van der Waals surface area (Å²) in [4.78, 5) is 41.5. The first kappa shape index (κ1) is 23.5. The average Bonchev–Trinajstić information content (AvgIpc) is 3.52. The van der Waals surface area contributed by atoms with E-state index < -0.39 is 0 Å². The van der Waals surface area contributed by atoms with Crippen LogP contribution in [0.3, 0.4) is 0 Å². The number of carbonyl (C=O) groups is 3. The van der Waals surface area contributed by atoms with Gasteiger partial charge < -0.3 is 24.1 Å². The minimum Gasteiger partial charge on any atom is -0.483 e. The van der Waals surface area contributed by atoms with E-state index in [1.165, 1.54) is 18.2 Å². The van der Waals surface area contributed by atoms with Crippen LogP contribution >= 0.6 is 0 Å². The molecular weight excluding hydrogens is 414 g/mol. The van der Waals surface area contributed by atoms with Crippen molar-refractivity contribution in [2.24, 2.45) is 11.3 Å². The summed E-state index contributed by atoms with van der Waals surface area (Å²) in [7, 11) is 0. The van der Waals surface area contributed by atoms with Crippen molar-refractivity contribution in [3.05, 3.63) is 54.2 Å². The molecule has 2 aromatic rings. The molecule has 1 aromatic carbocycles. The Labute approximate surface area is 187 Å². The second kappa shape index (κ2) is 10.9. The van der Waals surface area contributed by atoms with Gasteiger partial charge in [-0.25, -0.2) is 4.98 Å². The number of carbonyl (C=O) groups excluding carboxylic acids is 2. The van der Waals surface area contributed by atoms with Crippen LogP contribution in [0.5, 0.6) is 0 Å². The van der Waals surface area contributed by atoms with Crippen LogP contribution in [-0.2, 0) is 20.7 Å². The normalized spacial score (nSPS) is 21.6. The number of fused-ring (bicyclic) bond motifs is 1. The minimum absolute atomic E-state index is 0.0368. The van der Waals surface area contributed by atoms with Gasteiger partial charge >= 0.3 is 0 Å². The van der Waals surface area contributed by atoms with E-state index in [-0.39, 0.29) is 36.2 Å². The van der Waals surface area contributed by atoms with Gasteiger partial charge in [-0.05, 0) is 25.3 Å². The lowest BCUT2D eigenvalue weighted by atomic mass is 9.76. The monoisotopic (exact) mass is 443 g/mol. The first-order valence-electron chi connectivity index (χ1n) is 10.7. The predicted octanol–water partition coefficient (Wildman–Crippen LogP) is 1.95. The third kappa shape index (κ3) is 5.34. The lowest BCUT2D eigenvalue weighted by Gasteiger charge is -2.29. The molecule has 0 saturated carbocycles. The summed E-state index contributed by atoms with van der Waals surface area (Å²) < 4.78 is 10.3. The maximum atomic E-state index is 12.8. The molecule has 0 spiro atoms. The van der Waals surface area contributed by atoms with Crippen molar-refractivity contribution >= 4 is 18.3 Å². The lowest BCUT2D eigenvalue weighted by molar-refractivity contribution is -0.135. The molecule has 1 aromatic heterocycles. The van der Waals surface area contributed by atoms with Gasteiger partial charge in [-0.1, -0.05) is 30.3 Å². The second-order valence-electron chi connectivity index (χ2n) is 8.12. The molecule has 1 N–H and O–H groups in total. The molecule has 3 heterocycles. The highest BCUT2D eigenvalue weighted by atomic mass is 16.5.